The highest BCUT2D eigenvalue weighted by molar-refractivity contribution is 5.85. The van der Waals surface area contributed by atoms with Gasteiger partial charge in [-0.05, 0) is 24.8 Å². The maximum atomic E-state index is 5.43. The summed E-state index contributed by atoms with van der Waals surface area (Å²) in [6.45, 7) is 5.25. The summed E-state index contributed by atoms with van der Waals surface area (Å²) in [6.07, 6.45) is 2.88. The Morgan fingerprint density at radius 2 is 1.91 bits per heavy atom. The lowest BCUT2D eigenvalue weighted by molar-refractivity contribution is 0.394. The van der Waals surface area contributed by atoms with Gasteiger partial charge in [0.05, 0.1) is 26.5 Å². The Labute approximate surface area is 189 Å². The summed E-state index contributed by atoms with van der Waals surface area (Å²) < 4.78 is 10.9. The van der Waals surface area contributed by atoms with Crippen molar-refractivity contribution in [3.63, 3.8) is 0 Å². The quantitative estimate of drug-likeness (QED) is 0.438. The summed E-state index contributed by atoms with van der Waals surface area (Å²) in [5.74, 6) is 2.42. The van der Waals surface area contributed by atoms with E-state index in [1.54, 1.807) is 14.2 Å². The standard InChI is InChI=1S/C25H31N5O2/c1-4-26-25(28-16-24-23-8-6-5-7-18(23)9-11-27-24)29-19-10-12-30(17-19)20-13-21(31-2)15-22(14-20)32-3/h5-9,11,13-15,19H,4,10,12,16-17H2,1-3H3,(H2,26,28,29). The van der Waals surface area contributed by atoms with Crippen molar-refractivity contribution in [3.05, 3.63) is 60.4 Å². The average molecular weight is 434 g/mol. The Morgan fingerprint density at radius 1 is 1.12 bits per heavy atom. The number of rotatable bonds is 7. The van der Waals surface area contributed by atoms with Crippen LogP contribution in [0.25, 0.3) is 10.8 Å². The predicted octanol–water partition coefficient (Wildman–Crippen LogP) is 3.59. The molecule has 7 nitrogen and oxygen atoms in total. The second-order valence-corrected chi connectivity index (χ2v) is 7.82. The fourth-order valence-corrected chi connectivity index (χ4v) is 4.06. The number of pyridine rings is 1. The molecule has 7 heteroatoms. The van der Waals surface area contributed by atoms with Crippen LogP contribution in [0.5, 0.6) is 11.5 Å². The van der Waals surface area contributed by atoms with Crippen LogP contribution in [0.15, 0.2) is 59.7 Å². The van der Waals surface area contributed by atoms with Crippen LogP contribution < -0.4 is 25.0 Å². The maximum absolute atomic E-state index is 5.43. The molecule has 2 heterocycles. The molecule has 0 spiro atoms. The lowest BCUT2D eigenvalue weighted by atomic mass is 10.1. The molecule has 1 atom stereocenters. The normalized spacial score (nSPS) is 16.3. The van der Waals surface area contributed by atoms with Crippen LogP contribution >= 0.6 is 0 Å². The van der Waals surface area contributed by atoms with E-state index in [1.807, 2.05) is 30.5 Å². The molecule has 1 fully saturated rings. The van der Waals surface area contributed by atoms with Crippen molar-refractivity contribution >= 4 is 22.4 Å². The van der Waals surface area contributed by atoms with Crippen molar-refractivity contribution in [1.29, 1.82) is 0 Å². The molecule has 1 aliphatic heterocycles. The summed E-state index contributed by atoms with van der Waals surface area (Å²) in [5, 5.41) is 9.30. The minimum atomic E-state index is 0.297. The van der Waals surface area contributed by atoms with E-state index in [0.29, 0.717) is 12.6 Å². The second-order valence-electron chi connectivity index (χ2n) is 7.82. The van der Waals surface area contributed by atoms with Crippen molar-refractivity contribution in [1.82, 2.24) is 15.6 Å². The van der Waals surface area contributed by atoms with Gasteiger partial charge in [-0.25, -0.2) is 4.99 Å². The third-order valence-corrected chi connectivity index (χ3v) is 5.72. The van der Waals surface area contributed by atoms with E-state index >= 15 is 0 Å². The molecule has 2 N–H and O–H groups in total. The molecule has 0 saturated carbocycles. The number of methoxy groups -OCH3 is 2. The maximum Gasteiger partial charge on any atom is 0.191 e. The highest BCUT2D eigenvalue weighted by atomic mass is 16.5. The Kier molecular flexibility index (Phi) is 6.94. The van der Waals surface area contributed by atoms with Crippen molar-refractivity contribution in [2.75, 3.05) is 38.8 Å². The molecule has 4 rings (SSSR count). The zero-order valence-corrected chi connectivity index (χ0v) is 19.0. The molecule has 2 aromatic carbocycles. The fraction of sp³-hybridized carbons (Fsp3) is 0.360. The number of aromatic nitrogens is 1. The number of hydrogen-bond donors (Lipinski definition) is 2. The van der Waals surface area contributed by atoms with Crippen LogP contribution in [-0.2, 0) is 6.54 Å². The second kappa shape index (κ2) is 10.2. The molecule has 168 valence electrons. The zero-order valence-electron chi connectivity index (χ0n) is 19.0. The van der Waals surface area contributed by atoms with Gasteiger partial charge in [-0.15, -0.1) is 0 Å². The van der Waals surface area contributed by atoms with Gasteiger partial charge in [0.1, 0.15) is 11.5 Å². The van der Waals surface area contributed by atoms with Crippen molar-refractivity contribution in [2.24, 2.45) is 4.99 Å². The fourth-order valence-electron chi connectivity index (χ4n) is 4.06. The van der Waals surface area contributed by atoms with Gasteiger partial charge in [0.15, 0.2) is 5.96 Å². The van der Waals surface area contributed by atoms with Gasteiger partial charge in [0.2, 0.25) is 0 Å². The van der Waals surface area contributed by atoms with Crippen molar-refractivity contribution in [2.45, 2.75) is 25.9 Å². The Balaban J connectivity index is 1.45. The van der Waals surface area contributed by atoms with E-state index in [0.717, 1.165) is 60.3 Å². The summed E-state index contributed by atoms with van der Waals surface area (Å²) >= 11 is 0. The van der Waals surface area contributed by atoms with Crippen LogP contribution in [0.3, 0.4) is 0 Å². The van der Waals surface area contributed by atoms with Crippen LogP contribution in [0, 0.1) is 0 Å². The highest BCUT2D eigenvalue weighted by Gasteiger charge is 2.24. The van der Waals surface area contributed by atoms with Gasteiger partial charge in [-0.1, -0.05) is 24.3 Å². The molecular weight excluding hydrogens is 402 g/mol. The van der Waals surface area contributed by atoms with E-state index in [-0.39, 0.29) is 0 Å². The SMILES string of the molecule is CCNC(=NCc1nccc2ccccc12)NC1CCN(c2cc(OC)cc(OC)c2)C1. The molecule has 0 bridgehead atoms. The highest BCUT2D eigenvalue weighted by Crippen LogP contribution is 2.30. The van der Waals surface area contributed by atoms with Gasteiger partial charge in [-0.2, -0.15) is 0 Å². The van der Waals surface area contributed by atoms with Crippen LogP contribution in [0.2, 0.25) is 0 Å². The lowest BCUT2D eigenvalue weighted by Crippen LogP contribution is -2.44. The first-order valence-corrected chi connectivity index (χ1v) is 11.1. The van der Waals surface area contributed by atoms with Gasteiger partial charge in [-0.3, -0.25) is 4.98 Å². The summed E-state index contributed by atoms with van der Waals surface area (Å²) in [7, 11) is 3.35. The van der Waals surface area contributed by atoms with Gasteiger partial charge in [0.25, 0.3) is 0 Å². The van der Waals surface area contributed by atoms with Crippen LogP contribution in [0.4, 0.5) is 5.69 Å². The monoisotopic (exact) mass is 433 g/mol. The number of benzene rings is 2. The Bertz CT molecular complexity index is 1060. The van der Waals surface area contributed by atoms with E-state index in [1.165, 1.54) is 5.39 Å². The van der Waals surface area contributed by atoms with E-state index in [9.17, 15) is 0 Å². The number of nitrogens with one attached hydrogen (secondary N) is 2. The molecular formula is C25H31N5O2. The number of anilines is 1. The third-order valence-electron chi connectivity index (χ3n) is 5.72. The Morgan fingerprint density at radius 3 is 2.66 bits per heavy atom. The molecule has 1 aliphatic rings. The first-order chi connectivity index (χ1) is 15.7. The summed E-state index contributed by atoms with van der Waals surface area (Å²) in [4.78, 5) is 11.7. The molecule has 0 amide bonds. The van der Waals surface area contributed by atoms with Gasteiger partial charge >= 0.3 is 0 Å². The average Bonchev–Trinajstić information content (AvgIpc) is 3.31. The molecule has 1 aromatic heterocycles. The molecule has 3 aromatic rings. The molecule has 0 radical (unpaired) electrons. The number of nitrogens with zero attached hydrogens (tertiary/aromatic N) is 3. The largest absolute Gasteiger partial charge is 0.497 e. The topological polar surface area (TPSA) is 71.0 Å². The minimum absolute atomic E-state index is 0.297. The third kappa shape index (κ3) is 5.04. The molecule has 1 unspecified atom stereocenters. The summed E-state index contributed by atoms with van der Waals surface area (Å²) in [6, 6.07) is 16.6. The van der Waals surface area contributed by atoms with Crippen molar-refractivity contribution < 1.29 is 9.47 Å². The van der Waals surface area contributed by atoms with Gasteiger partial charge in [0, 0.05) is 61.1 Å². The number of aliphatic imine (C=N–C) groups is 1. The van der Waals surface area contributed by atoms with E-state index < -0.39 is 0 Å². The van der Waals surface area contributed by atoms with Crippen LogP contribution in [-0.4, -0.2) is 50.8 Å². The zero-order chi connectivity index (χ0) is 22.3. The molecule has 32 heavy (non-hydrogen) atoms. The van der Waals surface area contributed by atoms with Crippen LogP contribution in [0.1, 0.15) is 19.0 Å². The lowest BCUT2D eigenvalue weighted by Gasteiger charge is -2.21. The number of hydrogen-bond acceptors (Lipinski definition) is 5. The molecule has 1 saturated heterocycles. The molecule has 0 aliphatic carbocycles. The smallest absolute Gasteiger partial charge is 0.191 e. The minimum Gasteiger partial charge on any atom is -0.497 e. The number of ether oxygens (including phenoxy) is 2. The first-order valence-electron chi connectivity index (χ1n) is 11.1. The van der Waals surface area contributed by atoms with E-state index in [4.69, 9.17) is 14.5 Å². The Hall–Kier alpha value is -3.48. The van der Waals surface area contributed by atoms with Gasteiger partial charge < -0.3 is 25.0 Å². The van der Waals surface area contributed by atoms with E-state index in [2.05, 4.69) is 51.7 Å². The first kappa shape index (κ1) is 21.7. The van der Waals surface area contributed by atoms with Crippen molar-refractivity contribution in [3.8, 4) is 11.5 Å². The number of fused-ring (bicyclic) bond motifs is 1. The predicted molar refractivity (Wildman–Crippen MR) is 130 cm³/mol. The number of guanidine groups is 1. The summed E-state index contributed by atoms with van der Waals surface area (Å²) in [5.41, 5.74) is 2.09.